The Kier molecular flexibility index (Phi) is 4.07. The molecule has 0 spiro atoms. The second-order valence-corrected chi connectivity index (χ2v) is 6.81. The highest BCUT2D eigenvalue weighted by Crippen LogP contribution is 2.21. The number of hydrogen-bond acceptors (Lipinski definition) is 3. The molecular formula is C13H26N2O2. The van der Waals surface area contributed by atoms with Crippen LogP contribution in [0.4, 0.5) is 4.79 Å². The van der Waals surface area contributed by atoms with E-state index in [1.807, 2.05) is 25.7 Å². The molecule has 1 N–H and O–H groups in total. The first-order chi connectivity index (χ1) is 7.59. The number of amides is 1. The van der Waals surface area contributed by atoms with Crippen molar-refractivity contribution >= 4 is 6.09 Å². The van der Waals surface area contributed by atoms with Crippen molar-refractivity contribution in [3.8, 4) is 0 Å². The van der Waals surface area contributed by atoms with Crippen LogP contribution in [-0.4, -0.2) is 42.3 Å². The molecular weight excluding hydrogens is 216 g/mol. The zero-order chi connectivity index (χ0) is 13.3. The van der Waals surface area contributed by atoms with Gasteiger partial charge in [0, 0.05) is 25.7 Å². The monoisotopic (exact) mass is 242 g/mol. The van der Waals surface area contributed by atoms with Gasteiger partial charge in [-0.15, -0.1) is 0 Å². The molecule has 4 heteroatoms. The van der Waals surface area contributed by atoms with E-state index in [1.165, 1.54) is 0 Å². The second-order valence-electron chi connectivity index (χ2n) is 6.81. The molecule has 17 heavy (non-hydrogen) atoms. The van der Waals surface area contributed by atoms with Crippen LogP contribution in [0.5, 0.6) is 0 Å². The standard InChI is InChI=1S/C13H26N2O2/c1-10-7-15(9-13(5,6)8-14-10)11(16)17-12(2,3)4/h10,14H,7-9H2,1-6H3. The average Bonchev–Trinajstić information content (AvgIpc) is 2.23. The van der Waals surface area contributed by atoms with Gasteiger partial charge in [-0.25, -0.2) is 4.79 Å². The van der Waals surface area contributed by atoms with Crippen LogP contribution < -0.4 is 5.32 Å². The third-order valence-corrected chi connectivity index (χ3v) is 2.69. The number of ether oxygens (including phenoxy) is 1. The predicted octanol–water partition coefficient (Wildman–Crippen LogP) is 2.24. The van der Waals surface area contributed by atoms with Gasteiger partial charge in [0.05, 0.1) is 0 Å². The van der Waals surface area contributed by atoms with E-state index in [2.05, 4.69) is 26.1 Å². The van der Waals surface area contributed by atoms with Crippen molar-refractivity contribution in [3.05, 3.63) is 0 Å². The first kappa shape index (κ1) is 14.3. The summed E-state index contributed by atoms with van der Waals surface area (Å²) < 4.78 is 5.43. The molecule has 1 aliphatic heterocycles. The fourth-order valence-electron chi connectivity index (χ4n) is 1.95. The molecule has 0 aromatic rings. The molecule has 1 atom stereocenters. The molecule has 1 fully saturated rings. The fourth-order valence-corrected chi connectivity index (χ4v) is 1.95. The number of nitrogens with one attached hydrogen (secondary N) is 1. The highest BCUT2D eigenvalue weighted by atomic mass is 16.6. The number of nitrogens with zero attached hydrogens (tertiary/aromatic N) is 1. The molecule has 1 heterocycles. The molecule has 0 saturated carbocycles. The van der Waals surface area contributed by atoms with E-state index in [0.29, 0.717) is 12.6 Å². The highest BCUT2D eigenvalue weighted by Gasteiger charge is 2.32. The molecule has 0 bridgehead atoms. The van der Waals surface area contributed by atoms with E-state index in [-0.39, 0.29) is 11.5 Å². The summed E-state index contributed by atoms with van der Waals surface area (Å²) in [5, 5.41) is 3.43. The molecule has 0 aromatic heterocycles. The van der Waals surface area contributed by atoms with Crippen LogP contribution in [0.2, 0.25) is 0 Å². The Labute approximate surface area is 105 Å². The summed E-state index contributed by atoms with van der Waals surface area (Å²) >= 11 is 0. The van der Waals surface area contributed by atoms with Gasteiger partial charge in [0.2, 0.25) is 0 Å². The molecule has 0 aliphatic carbocycles. The highest BCUT2D eigenvalue weighted by molar-refractivity contribution is 5.68. The maximum atomic E-state index is 12.1. The van der Waals surface area contributed by atoms with Crippen LogP contribution in [0.25, 0.3) is 0 Å². The van der Waals surface area contributed by atoms with E-state index >= 15 is 0 Å². The fraction of sp³-hybridized carbons (Fsp3) is 0.923. The van der Waals surface area contributed by atoms with Gasteiger partial charge in [0.1, 0.15) is 5.60 Å². The number of carbonyl (C=O) groups excluding carboxylic acids is 1. The molecule has 1 amide bonds. The lowest BCUT2D eigenvalue weighted by Crippen LogP contribution is -2.43. The summed E-state index contributed by atoms with van der Waals surface area (Å²) in [5.41, 5.74) is -0.341. The largest absolute Gasteiger partial charge is 0.444 e. The van der Waals surface area contributed by atoms with Crippen molar-refractivity contribution in [3.63, 3.8) is 0 Å². The number of rotatable bonds is 0. The number of carbonyl (C=O) groups is 1. The smallest absolute Gasteiger partial charge is 0.410 e. The third-order valence-electron chi connectivity index (χ3n) is 2.69. The Bertz CT molecular complexity index is 282. The molecule has 1 saturated heterocycles. The van der Waals surface area contributed by atoms with Crippen LogP contribution in [0.1, 0.15) is 41.5 Å². The first-order valence-corrected chi connectivity index (χ1v) is 6.30. The zero-order valence-electron chi connectivity index (χ0n) is 12.0. The van der Waals surface area contributed by atoms with Gasteiger partial charge in [-0.2, -0.15) is 0 Å². The van der Waals surface area contributed by atoms with Crippen molar-refractivity contribution < 1.29 is 9.53 Å². The van der Waals surface area contributed by atoms with Gasteiger partial charge in [-0.05, 0) is 33.1 Å². The quantitative estimate of drug-likeness (QED) is 0.708. The summed E-state index contributed by atoms with van der Waals surface area (Å²) in [4.78, 5) is 13.9. The van der Waals surface area contributed by atoms with Crippen molar-refractivity contribution in [2.24, 2.45) is 5.41 Å². The van der Waals surface area contributed by atoms with Crippen molar-refractivity contribution in [1.82, 2.24) is 10.2 Å². The Hall–Kier alpha value is -0.770. The lowest BCUT2D eigenvalue weighted by molar-refractivity contribution is 0.0200. The van der Waals surface area contributed by atoms with Gasteiger partial charge in [0.15, 0.2) is 0 Å². The molecule has 4 nitrogen and oxygen atoms in total. The Morgan fingerprint density at radius 3 is 2.53 bits per heavy atom. The van der Waals surface area contributed by atoms with Crippen LogP contribution in [0.15, 0.2) is 0 Å². The van der Waals surface area contributed by atoms with Crippen LogP contribution in [-0.2, 0) is 4.74 Å². The molecule has 1 aliphatic rings. The van der Waals surface area contributed by atoms with Gasteiger partial charge >= 0.3 is 6.09 Å². The summed E-state index contributed by atoms with van der Waals surface area (Å²) in [6.07, 6.45) is -0.207. The Morgan fingerprint density at radius 1 is 1.41 bits per heavy atom. The Balaban J connectivity index is 2.70. The Morgan fingerprint density at radius 2 is 2.00 bits per heavy atom. The zero-order valence-corrected chi connectivity index (χ0v) is 12.0. The van der Waals surface area contributed by atoms with Crippen molar-refractivity contribution in [2.75, 3.05) is 19.6 Å². The average molecular weight is 242 g/mol. The molecule has 1 unspecified atom stereocenters. The topological polar surface area (TPSA) is 41.6 Å². The summed E-state index contributed by atoms with van der Waals surface area (Å²) in [6, 6.07) is 0.310. The minimum atomic E-state index is -0.426. The third kappa shape index (κ3) is 4.94. The van der Waals surface area contributed by atoms with E-state index in [1.54, 1.807) is 0 Å². The van der Waals surface area contributed by atoms with Crippen molar-refractivity contribution in [1.29, 1.82) is 0 Å². The summed E-state index contributed by atoms with van der Waals surface area (Å²) in [5.74, 6) is 0. The van der Waals surface area contributed by atoms with Crippen LogP contribution in [0, 0.1) is 5.41 Å². The maximum absolute atomic E-state index is 12.1. The van der Waals surface area contributed by atoms with E-state index in [9.17, 15) is 4.79 Å². The molecule has 0 aromatic carbocycles. The van der Waals surface area contributed by atoms with Gasteiger partial charge in [0.25, 0.3) is 0 Å². The number of hydrogen-bond donors (Lipinski definition) is 1. The van der Waals surface area contributed by atoms with Gasteiger partial charge in [-0.1, -0.05) is 13.8 Å². The molecule has 0 radical (unpaired) electrons. The van der Waals surface area contributed by atoms with Gasteiger partial charge < -0.3 is 15.0 Å². The van der Waals surface area contributed by atoms with Gasteiger partial charge in [-0.3, -0.25) is 0 Å². The maximum Gasteiger partial charge on any atom is 0.410 e. The van der Waals surface area contributed by atoms with E-state index in [0.717, 1.165) is 13.1 Å². The predicted molar refractivity (Wildman–Crippen MR) is 69.1 cm³/mol. The SMILES string of the molecule is CC1CN(C(=O)OC(C)(C)C)CC(C)(C)CN1. The second kappa shape index (κ2) is 4.84. The van der Waals surface area contributed by atoms with Crippen molar-refractivity contribution in [2.45, 2.75) is 53.2 Å². The minimum absolute atomic E-state index is 0.0850. The normalized spacial score (nSPS) is 25.3. The lowest BCUT2D eigenvalue weighted by atomic mass is 9.93. The minimum Gasteiger partial charge on any atom is -0.444 e. The molecule has 100 valence electrons. The summed E-state index contributed by atoms with van der Waals surface area (Å²) in [7, 11) is 0. The first-order valence-electron chi connectivity index (χ1n) is 6.30. The molecule has 1 rings (SSSR count). The van der Waals surface area contributed by atoms with E-state index < -0.39 is 5.60 Å². The van der Waals surface area contributed by atoms with Crippen LogP contribution >= 0.6 is 0 Å². The lowest BCUT2D eigenvalue weighted by Gasteiger charge is -2.31. The summed E-state index contributed by atoms with van der Waals surface area (Å²) in [6.45, 7) is 14.5. The van der Waals surface area contributed by atoms with Crippen LogP contribution in [0.3, 0.4) is 0 Å². The van der Waals surface area contributed by atoms with E-state index in [4.69, 9.17) is 4.74 Å².